The third kappa shape index (κ3) is 7.51. The number of carbonyl (C=O) groups excluding carboxylic acids is 3. The highest BCUT2D eigenvalue weighted by Gasteiger charge is 2.12. The van der Waals surface area contributed by atoms with Crippen molar-refractivity contribution in [2.24, 2.45) is 0 Å². The van der Waals surface area contributed by atoms with Crippen LogP contribution in [0.1, 0.15) is 19.4 Å². The molecule has 23 heavy (non-hydrogen) atoms. The molecule has 7 nitrogen and oxygen atoms in total. The third-order valence-corrected chi connectivity index (χ3v) is 2.78. The molecular formula is C15H19ClN2O5. The van der Waals surface area contributed by atoms with Crippen LogP contribution in [0.5, 0.6) is 5.75 Å². The van der Waals surface area contributed by atoms with Crippen molar-refractivity contribution in [2.45, 2.75) is 26.8 Å². The predicted molar refractivity (Wildman–Crippen MR) is 84.5 cm³/mol. The Morgan fingerprint density at radius 2 is 1.91 bits per heavy atom. The highest BCUT2D eigenvalue weighted by atomic mass is 35.5. The lowest BCUT2D eigenvalue weighted by Crippen LogP contribution is -2.44. The van der Waals surface area contributed by atoms with Crippen LogP contribution in [0.25, 0.3) is 0 Å². The lowest BCUT2D eigenvalue weighted by Gasteiger charge is -2.10. The number of rotatable bonds is 6. The van der Waals surface area contributed by atoms with Crippen LogP contribution in [-0.2, 0) is 14.3 Å². The van der Waals surface area contributed by atoms with E-state index in [4.69, 9.17) is 21.1 Å². The smallest absolute Gasteiger partial charge is 0.344 e. The van der Waals surface area contributed by atoms with E-state index in [0.717, 1.165) is 5.56 Å². The number of benzene rings is 1. The average molecular weight is 343 g/mol. The van der Waals surface area contributed by atoms with Crippen molar-refractivity contribution >= 4 is 29.5 Å². The Bertz CT molecular complexity index is 589. The van der Waals surface area contributed by atoms with Gasteiger partial charge in [-0.2, -0.15) is 0 Å². The van der Waals surface area contributed by atoms with Crippen LogP contribution in [0.3, 0.4) is 0 Å². The van der Waals surface area contributed by atoms with Gasteiger partial charge in [0.25, 0.3) is 5.91 Å². The van der Waals surface area contributed by atoms with Crippen molar-refractivity contribution in [3.8, 4) is 5.75 Å². The van der Waals surface area contributed by atoms with Crippen LogP contribution >= 0.6 is 11.6 Å². The summed E-state index contributed by atoms with van der Waals surface area (Å²) in [5, 5.41) is 4.86. The first-order valence-electron chi connectivity index (χ1n) is 6.93. The zero-order chi connectivity index (χ0) is 17.4. The molecule has 0 heterocycles. The first-order chi connectivity index (χ1) is 10.8. The number of halogens is 1. The van der Waals surface area contributed by atoms with Gasteiger partial charge < -0.3 is 14.8 Å². The minimum atomic E-state index is -0.748. The van der Waals surface area contributed by atoms with Crippen molar-refractivity contribution in [2.75, 3.05) is 13.2 Å². The standard InChI is InChI=1S/C15H19ClN2O5/c1-9(2)17-15(21)18-13(19)7-23-14(20)8-22-12-6-10(3)4-5-11(12)16/h4-6,9H,7-8H2,1-3H3,(H2,17,18,19,21). The highest BCUT2D eigenvalue weighted by molar-refractivity contribution is 6.32. The number of imide groups is 1. The molecule has 1 rings (SSSR count). The molecule has 3 amide bonds. The van der Waals surface area contributed by atoms with E-state index in [1.54, 1.807) is 32.0 Å². The molecule has 0 saturated heterocycles. The minimum Gasteiger partial charge on any atom is -0.480 e. The summed E-state index contributed by atoms with van der Waals surface area (Å²) in [4.78, 5) is 34.2. The SMILES string of the molecule is Cc1ccc(Cl)c(OCC(=O)OCC(=O)NC(=O)NC(C)C)c1. The van der Waals surface area contributed by atoms with Gasteiger partial charge in [0.05, 0.1) is 5.02 Å². The fourth-order valence-corrected chi connectivity index (χ4v) is 1.68. The van der Waals surface area contributed by atoms with Gasteiger partial charge in [-0.25, -0.2) is 9.59 Å². The number of nitrogens with one attached hydrogen (secondary N) is 2. The second kappa shape index (κ2) is 8.99. The monoisotopic (exact) mass is 342 g/mol. The van der Waals surface area contributed by atoms with Crippen LogP contribution in [0, 0.1) is 6.92 Å². The third-order valence-electron chi connectivity index (χ3n) is 2.47. The molecule has 0 atom stereocenters. The zero-order valence-corrected chi connectivity index (χ0v) is 13.9. The first-order valence-corrected chi connectivity index (χ1v) is 7.30. The molecule has 0 aromatic heterocycles. The van der Waals surface area contributed by atoms with Crippen LogP contribution in [-0.4, -0.2) is 37.2 Å². The molecule has 0 aliphatic rings. The molecule has 1 aromatic rings. The molecule has 0 aliphatic carbocycles. The Kier molecular flexibility index (Phi) is 7.34. The number of aryl methyl sites for hydroxylation is 1. The summed E-state index contributed by atoms with van der Waals surface area (Å²) in [5.41, 5.74) is 0.924. The van der Waals surface area contributed by atoms with Crippen LogP contribution in [0.15, 0.2) is 18.2 Å². The van der Waals surface area contributed by atoms with E-state index in [-0.39, 0.29) is 6.04 Å². The number of esters is 1. The second-order valence-corrected chi connectivity index (χ2v) is 5.47. The molecule has 8 heteroatoms. The van der Waals surface area contributed by atoms with Crippen molar-refractivity contribution < 1.29 is 23.9 Å². The molecule has 0 saturated carbocycles. The molecule has 0 radical (unpaired) electrons. The molecule has 0 fully saturated rings. The maximum absolute atomic E-state index is 11.5. The van der Waals surface area contributed by atoms with Crippen LogP contribution in [0.2, 0.25) is 5.02 Å². The zero-order valence-electron chi connectivity index (χ0n) is 13.1. The molecular weight excluding hydrogens is 324 g/mol. The number of ether oxygens (including phenoxy) is 2. The second-order valence-electron chi connectivity index (χ2n) is 5.06. The molecule has 0 unspecified atom stereocenters. The molecule has 1 aromatic carbocycles. The summed E-state index contributed by atoms with van der Waals surface area (Å²) >= 11 is 5.92. The summed E-state index contributed by atoms with van der Waals surface area (Å²) < 4.78 is 9.93. The van der Waals surface area contributed by atoms with Crippen molar-refractivity contribution in [3.63, 3.8) is 0 Å². The number of urea groups is 1. The lowest BCUT2D eigenvalue weighted by atomic mass is 10.2. The molecule has 126 valence electrons. The van der Waals surface area contributed by atoms with Crippen LogP contribution < -0.4 is 15.4 Å². The summed E-state index contributed by atoms with van der Waals surface area (Å²) in [6, 6.07) is 4.37. The Morgan fingerprint density at radius 1 is 1.22 bits per heavy atom. The van der Waals surface area contributed by atoms with Gasteiger partial charge in [0.15, 0.2) is 13.2 Å². The molecule has 0 aliphatic heterocycles. The summed E-state index contributed by atoms with van der Waals surface area (Å²) in [5.74, 6) is -1.13. The van der Waals surface area contributed by atoms with Crippen molar-refractivity contribution in [3.05, 3.63) is 28.8 Å². The molecule has 0 bridgehead atoms. The van der Waals surface area contributed by atoms with Crippen molar-refractivity contribution in [1.29, 1.82) is 0 Å². The van der Waals surface area contributed by atoms with Gasteiger partial charge in [0, 0.05) is 6.04 Å². The van der Waals surface area contributed by atoms with E-state index in [9.17, 15) is 14.4 Å². The Morgan fingerprint density at radius 3 is 2.57 bits per heavy atom. The van der Waals surface area contributed by atoms with Crippen LogP contribution in [0.4, 0.5) is 4.79 Å². The highest BCUT2D eigenvalue weighted by Crippen LogP contribution is 2.25. The van der Waals surface area contributed by atoms with Gasteiger partial charge in [-0.3, -0.25) is 10.1 Å². The number of hydrogen-bond acceptors (Lipinski definition) is 5. The average Bonchev–Trinajstić information content (AvgIpc) is 2.45. The number of carbonyl (C=O) groups is 3. The normalized spacial score (nSPS) is 10.1. The van der Waals surface area contributed by atoms with E-state index < -0.39 is 31.1 Å². The Hall–Kier alpha value is -2.28. The Labute approximate surface area is 139 Å². The van der Waals surface area contributed by atoms with Gasteiger partial charge in [0.2, 0.25) is 0 Å². The van der Waals surface area contributed by atoms with Gasteiger partial charge >= 0.3 is 12.0 Å². The summed E-state index contributed by atoms with van der Waals surface area (Å²) in [7, 11) is 0. The van der Waals surface area contributed by atoms with Gasteiger partial charge in [-0.05, 0) is 38.5 Å². The van der Waals surface area contributed by atoms with E-state index >= 15 is 0 Å². The maximum Gasteiger partial charge on any atom is 0.344 e. The van der Waals surface area contributed by atoms with Crippen molar-refractivity contribution in [1.82, 2.24) is 10.6 Å². The Balaban J connectivity index is 2.33. The number of amides is 3. The largest absolute Gasteiger partial charge is 0.480 e. The van der Waals surface area contributed by atoms with Gasteiger partial charge in [-0.1, -0.05) is 17.7 Å². The topological polar surface area (TPSA) is 93.7 Å². The van der Waals surface area contributed by atoms with Gasteiger partial charge in [-0.15, -0.1) is 0 Å². The van der Waals surface area contributed by atoms with E-state index in [1.807, 2.05) is 12.2 Å². The quantitative estimate of drug-likeness (QED) is 0.769. The van der Waals surface area contributed by atoms with E-state index in [2.05, 4.69) is 5.32 Å². The number of hydrogen-bond donors (Lipinski definition) is 2. The predicted octanol–water partition coefficient (Wildman–Crippen LogP) is 1.80. The summed E-state index contributed by atoms with van der Waals surface area (Å²) in [6.45, 7) is 4.38. The first kappa shape index (κ1) is 18.8. The van der Waals surface area contributed by atoms with E-state index in [1.165, 1.54) is 0 Å². The molecule has 0 spiro atoms. The lowest BCUT2D eigenvalue weighted by molar-refractivity contribution is -0.150. The van der Waals surface area contributed by atoms with E-state index in [0.29, 0.717) is 10.8 Å². The summed E-state index contributed by atoms with van der Waals surface area (Å²) in [6.07, 6.45) is 0. The fourth-order valence-electron chi connectivity index (χ4n) is 1.51. The minimum absolute atomic E-state index is 0.113. The maximum atomic E-state index is 11.5. The van der Waals surface area contributed by atoms with Gasteiger partial charge in [0.1, 0.15) is 5.75 Å². The molecule has 2 N–H and O–H groups in total. The fraction of sp³-hybridized carbons (Fsp3) is 0.400.